The smallest absolute Gasteiger partial charge is 0.0924 e. The van der Waals surface area contributed by atoms with Crippen molar-refractivity contribution in [2.45, 2.75) is 25.3 Å². The molecule has 3 nitrogen and oxygen atoms in total. The zero-order valence-corrected chi connectivity index (χ0v) is 12.0. The van der Waals surface area contributed by atoms with Gasteiger partial charge in [0.25, 0.3) is 0 Å². The third kappa shape index (κ3) is 2.35. The van der Waals surface area contributed by atoms with Crippen LogP contribution in [0.5, 0.6) is 0 Å². The molecule has 0 unspecified atom stereocenters. The molecule has 1 aromatic carbocycles. The molecule has 104 valence electrons. The predicted molar refractivity (Wildman–Crippen MR) is 83.0 cm³/mol. The Morgan fingerprint density at radius 2 is 1.95 bits per heavy atom. The van der Waals surface area contributed by atoms with Crippen LogP contribution in [0.4, 0.5) is 0 Å². The van der Waals surface area contributed by atoms with Crippen molar-refractivity contribution in [3.8, 4) is 11.3 Å². The highest BCUT2D eigenvalue weighted by molar-refractivity contribution is 5.58. The second kappa shape index (κ2) is 4.85. The monoisotopic (exact) mass is 275 g/mol. The summed E-state index contributed by atoms with van der Waals surface area (Å²) in [5, 5.41) is 4.75. The van der Waals surface area contributed by atoms with Gasteiger partial charge in [-0.3, -0.25) is 9.67 Å². The molecule has 4 rings (SSSR count). The Kier molecular flexibility index (Phi) is 2.85. The molecule has 0 N–H and O–H groups in total. The number of hydrogen-bond acceptors (Lipinski definition) is 2. The number of hydrogen-bond donors (Lipinski definition) is 0. The van der Waals surface area contributed by atoms with Crippen molar-refractivity contribution in [2.24, 2.45) is 0 Å². The third-order valence-corrected chi connectivity index (χ3v) is 4.13. The summed E-state index contributed by atoms with van der Waals surface area (Å²) in [6.45, 7) is 2.01. The van der Waals surface area contributed by atoms with Gasteiger partial charge < -0.3 is 0 Å². The summed E-state index contributed by atoms with van der Waals surface area (Å²) in [5.74, 6) is 0.609. The molecule has 2 aromatic heterocycles. The molecule has 1 aliphatic rings. The summed E-state index contributed by atoms with van der Waals surface area (Å²) in [6, 6.07) is 17.4. The van der Waals surface area contributed by atoms with Crippen molar-refractivity contribution in [3.63, 3.8) is 0 Å². The average molecular weight is 275 g/mol. The Labute approximate surface area is 124 Å². The van der Waals surface area contributed by atoms with Crippen LogP contribution < -0.4 is 0 Å². The minimum absolute atomic E-state index is 0.504. The van der Waals surface area contributed by atoms with Crippen molar-refractivity contribution in [3.05, 3.63) is 72.2 Å². The van der Waals surface area contributed by atoms with Gasteiger partial charge in [-0.1, -0.05) is 30.3 Å². The summed E-state index contributed by atoms with van der Waals surface area (Å²) in [5.41, 5.74) is 4.60. The average Bonchev–Trinajstić information content (AvgIpc) is 3.17. The van der Waals surface area contributed by atoms with Crippen molar-refractivity contribution >= 4 is 0 Å². The highest BCUT2D eigenvalue weighted by atomic mass is 15.3. The lowest BCUT2D eigenvalue weighted by Crippen LogP contribution is -1.97. The maximum absolute atomic E-state index is 4.75. The molecule has 0 amide bonds. The van der Waals surface area contributed by atoms with Gasteiger partial charge in [0.15, 0.2) is 0 Å². The van der Waals surface area contributed by atoms with Crippen molar-refractivity contribution in [1.82, 2.24) is 14.8 Å². The van der Waals surface area contributed by atoms with E-state index in [1.165, 1.54) is 12.0 Å². The zero-order valence-electron chi connectivity index (χ0n) is 12.0. The molecule has 1 fully saturated rings. The Bertz CT molecular complexity index is 761. The van der Waals surface area contributed by atoms with Gasteiger partial charge in [-0.05, 0) is 37.1 Å². The third-order valence-electron chi connectivity index (χ3n) is 4.13. The second-order valence-electron chi connectivity index (χ2n) is 5.69. The predicted octanol–water partition coefficient (Wildman–Crippen LogP) is 3.98. The van der Waals surface area contributed by atoms with Gasteiger partial charge in [-0.25, -0.2) is 0 Å². The summed E-state index contributed by atoms with van der Waals surface area (Å²) >= 11 is 0. The number of aryl methyl sites for hydroxylation is 1. The second-order valence-corrected chi connectivity index (χ2v) is 5.69. The molecule has 2 atom stereocenters. The minimum Gasteiger partial charge on any atom is -0.268 e. The molecular formula is C18H17N3. The number of aromatic nitrogens is 3. The Balaban J connectivity index is 1.57. The molecule has 0 spiro atoms. The summed E-state index contributed by atoms with van der Waals surface area (Å²) in [7, 11) is 0. The summed E-state index contributed by atoms with van der Waals surface area (Å²) in [4.78, 5) is 4.24. The molecule has 1 aliphatic carbocycles. The SMILES string of the molecule is Cc1cc(-c2ccn([C@H]3C[C@@H]3c3ccccc3)n2)ccn1. The molecule has 2 heterocycles. The van der Waals surface area contributed by atoms with E-state index < -0.39 is 0 Å². The molecule has 0 aliphatic heterocycles. The fraction of sp³-hybridized carbons (Fsp3) is 0.222. The van der Waals surface area contributed by atoms with Crippen LogP contribution in [-0.4, -0.2) is 14.8 Å². The molecule has 0 radical (unpaired) electrons. The van der Waals surface area contributed by atoms with E-state index in [0.29, 0.717) is 12.0 Å². The molecule has 3 aromatic rings. The van der Waals surface area contributed by atoms with Gasteiger partial charge in [-0.15, -0.1) is 0 Å². The lowest BCUT2D eigenvalue weighted by Gasteiger charge is -2.02. The quantitative estimate of drug-likeness (QED) is 0.723. The van der Waals surface area contributed by atoms with Crippen LogP contribution in [-0.2, 0) is 0 Å². The molecule has 0 saturated heterocycles. The molecule has 0 bridgehead atoms. The largest absolute Gasteiger partial charge is 0.268 e. The maximum atomic E-state index is 4.75. The van der Waals surface area contributed by atoms with Crippen molar-refractivity contribution in [2.75, 3.05) is 0 Å². The standard InChI is InChI=1S/C18H17N3/c1-13-11-15(7-9-19-13)17-8-10-21(20-17)18-12-16(18)14-5-3-2-4-6-14/h2-11,16,18H,12H2,1H3/t16-,18+/m1/s1. The minimum atomic E-state index is 0.504. The lowest BCUT2D eigenvalue weighted by molar-refractivity contribution is 0.627. The van der Waals surface area contributed by atoms with Gasteiger partial charge in [-0.2, -0.15) is 5.10 Å². The van der Waals surface area contributed by atoms with Gasteiger partial charge in [0.1, 0.15) is 0 Å². The molecule has 21 heavy (non-hydrogen) atoms. The highest BCUT2D eigenvalue weighted by Crippen LogP contribution is 2.51. The van der Waals surface area contributed by atoms with Gasteiger partial charge >= 0.3 is 0 Å². The van der Waals surface area contributed by atoms with Crippen LogP contribution in [0.3, 0.4) is 0 Å². The number of nitrogens with zero attached hydrogens (tertiary/aromatic N) is 3. The fourth-order valence-electron chi connectivity index (χ4n) is 2.91. The zero-order chi connectivity index (χ0) is 14.2. The normalized spacial score (nSPS) is 20.4. The van der Waals surface area contributed by atoms with Gasteiger partial charge in [0.2, 0.25) is 0 Å². The highest BCUT2D eigenvalue weighted by Gasteiger charge is 2.40. The van der Waals surface area contributed by atoms with E-state index >= 15 is 0 Å². The first-order valence-corrected chi connectivity index (χ1v) is 7.34. The van der Waals surface area contributed by atoms with Crippen LogP contribution in [0.15, 0.2) is 60.9 Å². The summed E-state index contributed by atoms with van der Waals surface area (Å²) < 4.78 is 2.11. The lowest BCUT2D eigenvalue weighted by atomic mass is 10.1. The van der Waals surface area contributed by atoms with Crippen LogP contribution in [0.1, 0.15) is 29.6 Å². The number of pyridine rings is 1. The van der Waals surface area contributed by atoms with E-state index in [2.05, 4.69) is 58.3 Å². The van der Waals surface area contributed by atoms with E-state index in [-0.39, 0.29) is 0 Å². The first-order chi connectivity index (χ1) is 10.3. The van der Waals surface area contributed by atoms with Crippen LogP contribution in [0.2, 0.25) is 0 Å². The number of benzene rings is 1. The first-order valence-electron chi connectivity index (χ1n) is 7.34. The van der Waals surface area contributed by atoms with Crippen LogP contribution >= 0.6 is 0 Å². The number of rotatable bonds is 3. The molecule has 3 heteroatoms. The van der Waals surface area contributed by atoms with E-state index in [4.69, 9.17) is 5.10 Å². The molecular weight excluding hydrogens is 258 g/mol. The Hall–Kier alpha value is -2.42. The molecule has 1 saturated carbocycles. The van der Waals surface area contributed by atoms with Crippen molar-refractivity contribution < 1.29 is 0 Å². The topological polar surface area (TPSA) is 30.7 Å². The van der Waals surface area contributed by atoms with E-state index in [0.717, 1.165) is 17.0 Å². The van der Waals surface area contributed by atoms with E-state index in [1.54, 1.807) is 0 Å². The van der Waals surface area contributed by atoms with E-state index in [9.17, 15) is 0 Å². The Morgan fingerprint density at radius 1 is 1.10 bits per heavy atom. The van der Waals surface area contributed by atoms with Crippen LogP contribution in [0.25, 0.3) is 11.3 Å². The Morgan fingerprint density at radius 3 is 2.76 bits per heavy atom. The van der Waals surface area contributed by atoms with E-state index in [1.807, 2.05) is 19.2 Å². The fourth-order valence-corrected chi connectivity index (χ4v) is 2.91. The van der Waals surface area contributed by atoms with Crippen molar-refractivity contribution in [1.29, 1.82) is 0 Å². The van der Waals surface area contributed by atoms with Crippen LogP contribution in [0, 0.1) is 6.92 Å². The van der Waals surface area contributed by atoms with Gasteiger partial charge in [0, 0.05) is 29.6 Å². The maximum Gasteiger partial charge on any atom is 0.0924 e. The van der Waals surface area contributed by atoms with Gasteiger partial charge in [0.05, 0.1) is 11.7 Å². The first kappa shape index (κ1) is 12.3. The summed E-state index contributed by atoms with van der Waals surface area (Å²) in [6.07, 6.45) is 5.12.